The molecule has 2 aromatic carbocycles. The van der Waals surface area contributed by atoms with Crippen molar-refractivity contribution in [2.75, 3.05) is 6.79 Å². The Morgan fingerprint density at radius 3 is 2.75 bits per heavy atom. The minimum atomic E-state index is -1.01. The van der Waals surface area contributed by atoms with Crippen LogP contribution in [0.3, 0.4) is 0 Å². The second-order valence-electron chi connectivity index (χ2n) is 3.52. The molecule has 16 heavy (non-hydrogen) atoms. The molecule has 0 atom stereocenters. The Kier molecular flexibility index (Phi) is 1.77. The maximum absolute atomic E-state index is 11.1. The van der Waals surface area contributed by atoms with Gasteiger partial charge in [0.2, 0.25) is 6.79 Å². The van der Waals surface area contributed by atoms with E-state index in [0.29, 0.717) is 11.5 Å². The number of carboxylic acids is 1. The van der Waals surface area contributed by atoms with Crippen molar-refractivity contribution in [1.29, 1.82) is 0 Å². The van der Waals surface area contributed by atoms with Crippen LogP contribution < -0.4 is 9.47 Å². The highest BCUT2D eigenvalue weighted by Crippen LogP contribution is 2.42. The molecule has 80 valence electrons. The van der Waals surface area contributed by atoms with Crippen LogP contribution in [0.25, 0.3) is 10.8 Å². The first kappa shape index (κ1) is 9.03. The van der Waals surface area contributed by atoms with Crippen molar-refractivity contribution >= 4 is 16.7 Å². The minimum Gasteiger partial charge on any atom is -0.478 e. The van der Waals surface area contributed by atoms with E-state index in [0.717, 1.165) is 10.8 Å². The molecule has 0 spiro atoms. The fourth-order valence-corrected chi connectivity index (χ4v) is 1.89. The van der Waals surface area contributed by atoms with Crippen molar-refractivity contribution in [2.45, 2.75) is 0 Å². The van der Waals surface area contributed by atoms with Crippen molar-refractivity contribution in [3.8, 4) is 11.5 Å². The predicted molar refractivity (Wildman–Crippen MR) is 57.0 cm³/mol. The normalized spacial score (nSPS) is 13.0. The molecular formula is C12H8O4. The van der Waals surface area contributed by atoms with E-state index in [1.54, 1.807) is 6.07 Å². The summed E-state index contributed by atoms with van der Waals surface area (Å²) in [5.41, 5.74) is 0.145. The molecule has 0 bridgehead atoms. The summed E-state index contributed by atoms with van der Waals surface area (Å²) in [5, 5.41) is 10.8. The molecule has 0 radical (unpaired) electrons. The van der Waals surface area contributed by atoms with Gasteiger partial charge in [0.25, 0.3) is 0 Å². The first-order valence-corrected chi connectivity index (χ1v) is 4.82. The lowest BCUT2D eigenvalue weighted by atomic mass is 10.0. The number of aromatic carboxylic acids is 1. The average molecular weight is 216 g/mol. The fourth-order valence-electron chi connectivity index (χ4n) is 1.89. The van der Waals surface area contributed by atoms with Gasteiger partial charge in [-0.05, 0) is 11.5 Å². The molecule has 0 aromatic heterocycles. The van der Waals surface area contributed by atoms with Gasteiger partial charge in [-0.25, -0.2) is 4.79 Å². The molecule has 1 N–H and O–H groups in total. The van der Waals surface area contributed by atoms with Crippen LogP contribution in [-0.2, 0) is 0 Å². The van der Waals surface area contributed by atoms with Gasteiger partial charge < -0.3 is 14.6 Å². The van der Waals surface area contributed by atoms with E-state index in [2.05, 4.69) is 0 Å². The van der Waals surface area contributed by atoms with Crippen molar-refractivity contribution in [2.24, 2.45) is 0 Å². The Morgan fingerprint density at radius 2 is 1.94 bits per heavy atom. The molecule has 0 unspecified atom stereocenters. The van der Waals surface area contributed by atoms with Gasteiger partial charge in [0.15, 0.2) is 11.5 Å². The lowest BCUT2D eigenvalue weighted by Crippen LogP contribution is -1.99. The van der Waals surface area contributed by atoms with Gasteiger partial charge in [-0.15, -0.1) is 0 Å². The molecule has 1 heterocycles. The molecule has 0 amide bonds. The van der Waals surface area contributed by atoms with Gasteiger partial charge in [-0.3, -0.25) is 0 Å². The third-order valence-corrected chi connectivity index (χ3v) is 2.59. The van der Waals surface area contributed by atoms with Crippen molar-refractivity contribution in [3.05, 3.63) is 35.9 Å². The lowest BCUT2D eigenvalue weighted by Gasteiger charge is -2.05. The van der Waals surface area contributed by atoms with Crippen LogP contribution in [-0.4, -0.2) is 17.9 Å². The summed E-state index contributed by atoms with van der Waals surface area (Å²) < 4.78 is 10.5. The van der Waals surface area contributed by atoms with Gasteiger partial charge in [0.05, 0.1) is 0 Å². The Balaban J connectivity index is 2.42. The maximum atomic E-state index is 11.1. The summed E-state index contributed by atoms with van der Waals surface area (Å²) in [5.74, 6) is -0.158. The molecule has 0 saturated heterocycles. The van der Waals surface area contributed by atoms with Crippen LogP contribution in [0.15, 0.2) is 30.3 Å². The van der Waals surface area contributed by atoms with Gasteiger partial charge >= 0.3 is 5.97 Å². The number of rotatable bonds is 1. The van der Waals surface area contributed by atoms with E-state index in [-0.39, 0.29) is 12.4 Å². The van der Waals surface area contributed by atoms with E-state index in [9.17, 15) is 4.79 Å². The zero-order valence-electron chi connectivity index (χ0n) is 8.27. The number of benzene rings is 2. The zero-order chi connectivity index (χ0) is 11.1. The number of fused-ring (bicyclic) bond motifs is 3. The molecule has 0 saturated carbocycles. The van der Waals surface area contributed by atoms with E-state index >= 15 is 0 Å². The van der Waals surface area contributed by atoms with Crippen LogP contribution >= 0.6 is 0 Å². The quantitative estimate of drug-likeness (QED) is 0.794. The predicted octanol–water partition coefficient (Wildman–Crippen LogP) is 2.27. The van der Waals surface area contributed by atoms with Crippen molar-refractivity contribution in [3.63, 3.8) is 0 Å². The maximum Gasteiger partial charge on any atom is 0.339 e. The highest BCUT2D eigenvalue weighted by molar-refractivity contribution is 6.01. The Labute approximate surface area is 91.0 Å². The Hall–Kier alpha value is -2.23. The smallest absolute Gasteiger partial charge is 0.339 e. The Morgan fingerprint density at radius 1 is 1.19 bits per heavy atom. The summed E-state index contributed by atoms with van der Waals surface area (Å²) >= 11 is 0. The van der Waals surface area contributed by atoms with Crippen LogP contribution in [0.4, 0.5) is 0 Å². The van der Waals surface area contributed by atoms with Gasteiger partial charge in [0, 0.05) is 5.39 Å². The largest absolute Gasteiger partial charge is 0.478 e. The van der Waals surface area contributed by atoms with E-state index in [4.69, 9.17) is 14.6 Å². The standard InChI is InChI=1S/C12H8O4/c13-12(14)9-5-7-3-1-2-4-8(7)10-11(9)16-6-15-10/h1-5H,6H2,(H,13,14). The van der Waals surface area contributed by atoms with Gasteiger partial charge in [0.1, 0.15) is 5.56 Å². The van der Waals surface area contributed by atoms with Crippen LogP contribution in [0.2, 0.25) is 0 Å². The third kappa shape index (κ3) is 1.13. The molecule has 4 nitrogen and oxygen atoms in total. The minimum absolute atomic E-state index is 0.0730. The van der Waals surface area contributed by atoms with Crippen LogP contribution in [0.1, 0.15) is 10.4 Å². The molecule has 1 aliphatic rings. The van der Waals surface area contributed by atoms with Gasteiger partial charge in [-0.2, -0.15) is 0 Å². The SMILES string of the molecule is O=C(O)c1cc2ccccc2c2c1OCO2. The molecule has 1 aliphatic heterocycles. The number of hydrogen-bond acceptors (Lipinski definition) is 3. The second-order valence-corrected chi connectivity index (χ2v) is 3.52. The van der Waals surface area contributed by atoms with E-state index in [1.807, 2.05) is 24.3 Å². The summed E-state index contributed by atoms with van der Waals surface area (Å²) in [6.07, 6.45) is 0. The first-order valence-electron chi connectivity index (χ1n) is 4.82. The number of carboxylic acid groups (broad SMARTS) is 1. The van der Waals surface area contributed by atoms with Crippen molar-refractivity contribution < 1.29 is 19.4 Å². The summed E-state index contributed by atoms with van der Waals surface area (Å²) in [4.78, 5) is 11.1. The average Bonchev–Trinajstić information content (AvgIpc) is 2.76. The fraction of sp³-hybridized carbons (Fsp3) is 0.0833. The second kappa shape index (κ2) is 3.13. The highest BCUT2D eigenvalue weighted by Gasteiger charge is 2.24. The summed E-state index contributed by atoms with van der Waals surface area (Å²) in [6, 6.07) is 9.07. The number of carbonyl (C=O) groups is 1. The molecule has 2 aromatic rings. The van der Waals surface area contributed by atoms with Crippen LogP contribution in [0, 0.1) is 0 Å². The summed E-state index contributed by atoms with van der Waals surface area (Å²) in [6.45, 7) is 0.0730. The van der Waals surface area contributed by atoms with Crippen molar-refractivity contribution in [1.82, 2.24) is 0 Å². The zero-order valence-corrected chi connectivity index (χ0v) is 8.27. The van der Waals surface area contributed by atoms with Crippen LogP contribution in [0.5, 0.6) is 11.5 Å². The topological polar surface area (TPSA) is 55.8 Å². The molecule has 0 fully saturated rings. The molecular weight excluding hydrogens is 208 g/mol. The highest BCUT2D eigenvalue weighted by atomic mass is 16.7. The molecule has 4 heteroatoms. The first-order chi connectivity index (χ1) is 7.77. The number of hydrogen-bond donors (Lipinski definition) is 1. The number of ether oxygens (including phenoxy) is 2. The summed E-state index contributed by atoms with van der Waals surface area (Å²) in [7, 11) is 0. The monoisotopic (exact) mass is 216 g/mol. The molecule has 3 rings (SSSR count). The van der Waals surface area contributed by atoms with Gasteiger partial charge in [-0.1, -0.05) is 24.3 Å². The lowest BCUT2D eigenvalue weighted by molar-refractivity contribution is 0.0692. The van der Waals surface area contributed by atoms with E-state index in [1.165, 1.54) is 0 Å². The third-order valence-electron chi connectivity index (χ3n) is 2.59. The van der Waals surface area contributed by atoms with E-state index < -0.39 is 5.97 Å². The Bertz CT molecular complexity index is 589. The molecule has 0 aliphatic carbocycles.